The second-order valence-electron chi connectivity index (χ2n) is 7.88. The zero-order valence-electron chi connectivity index (χ0n) is 17.0. The van der Waals surface area contributed by atoms with E-state index < -0.39 is 0 Å². The molecule has 7 heteroatoms. The minimum Gasteiger partial charge on any atom is -0.383 e. The molecule has 0 radical (unpaired) electrons. The molecule has 158 valence electrons. The zero-order chi connectivity index (χ0) is 19.1. The van der Waals surface area contributed by atoms with Gasteiger partial charge in [-0.05, 0) is 62.4 Å². The Morgan fingerprint density at radius 1 is 1.29 bits per heavy atom. The van der Waals surface area contributed by atoms with Crippen LogP contribution < -0.4 is 10.6 Å². The maximum Gasteiger partial charge on any atom is 0.191 e. The summed E-state index contributed by atoms with van der Waals surface area (Å²) >= 11 is 0. The highest BCUT2D eigenvalue weighted by Crippen LogP contribution is 2.47. The van der Waals surface area contributed by atoms with Crippen molar-refractivity contribution in [3.05, 3.63) is 35.6 Å². The van der Waals surface area contributed by atoms with Gasteiger partial charge in [-0.15, -0.1) is 24.0 Å². The average Bonchev–Trinajstić information content (AvgIpc) is 3.48. The molecule has 1 aromatic rings. The molecule has 2 aliphatic rings. The fourth-order valence-electron chi connectivity index (χ4n) is 3.89. The maximum atomic E-state index is 13.5. The quantitative estimate of drug-likeness (QED) is 0.325. The van der Waals surface area contributed by atoms with E-state index in [1.807, 2.05) is 13.1 Å². The van der Waals surface area contributed by atoms with Crippen LogP contribution in [-0.4, -0.2) is 64.3 Å². The highest BCUT2D eigenvalue weighted by atomic mass is 127. The standard InChI is InChI=1S/C21H33FN4O.HI/c1-23-20(24-15-17-6-10-26(11-7-17)12-13-27-2)25-16-21(8-9-21)18-4-3-5-19(22)14-18;/h3-5,14,17H,6-13,15-16H2,1-2H3,(H2,23,24,25);1H. The third-order valence-corrected chi connectivity index (χ3v) is 5.99. The molecule has 0 bridgehead atoms. The van der Waals surface area contributed by atoms with Crippen LogP contribution >= 0.6 is 24.0 Å². The Morgan fingerprint density at radius 2 is 2.04 bits per heavy atom. The van der Waals surface area contributed by atoms with Crippen molar-refractivity contribution in [3.63, 3.8) is 0 Å². The number of hydrogen-bond donors (Lipinski definition) is 2. The highest BCUT2D eigenvalue weighted by Gasteiger charge is 2.44. The minimum atomic E-state index is -0.155. The summed E-state index contributed by atoms with van der Waals surface area (Å²) in [5.74, 6) is 1.37. The van der Waals surface area contributed by atoms with Crippen LogP contribution in [0.1, 0.15) is 31.2 Å². The van der Waals surface area contributed by atoms with E-state index in [2.05, 4.69) is 20.5 Å². The first kappa shape index (κ1) is 23.3. The molecule has 2 fully saturated rings. The molecule has 1 saturated carbocycles. The predicted molar refractivity (Wildman–Crippen MR) is 123 cm³/mol. The number of aliphatic imine (C=N–C) groups is 1. The van der Waals surface area contributed by atoms with Gasteiger partial charge in [0.05, 0.1) is 6.61 Å². The molecule has 1 aromatic carbocycles. The van der Waals surface area contributed by atoms with Gasteiger partial charge in [0, 0.05) is 39.2 Å². The van der Waals surface area contributed by atoms with Crippen LogP contribution in [0, 0.1) is 11.7 Å². The summed E-state index contributed by atoms with van der Waals surface area (Å²) in [5.41, 5.74) is 1.15. The molecule has 0 atom stereocenters. The van der Waals surface area contributed by atoms with E-state index in [9.17, 15) is 4.39 Å². The van der Waals surface area contributed by atoms with Crippen molar-refractivity contribution < 1.29 is 9.13 Å². The van der Waals surface area contributed by atoms with Crippen molar-refractivity contribution in [1.82, 2.24) is 15.5 Å². The summed E-state index contributed by atoms with van der Waals surface area (Å²) in [6.45, 7) is 5.87. The van der Waals surface area contributed by atoms with Gasteiger partial charge >= 0.3 is 0 Å². The van der Waals surface area contributed by atoms with Crippen LogP contribution in [0.4, 0.5) is 4.39 Å². The lowest BCUT2D eigenvalue weighted by Gasteiger charge is -2.32. The van der Waals surface area contributed by atoms with Crippen LogP contribution in [0.15, 0.2) is 29.3 Å². The largest absolute Gasteiger partial charge is 0.383 e. The van der Waals surface area contributed by atoms with Gasteiger partial charge in [0.25, 0.3) is 0 Å². The third-order valence-electron chi connectivity index (χ3n) is 5.99. The number of guanidine groups is 1. The van der Waals surface area contributed by atoms with E-state index in [0.29, 0.717) is 5.92 Å². The van der Waals surface area contributed by atoms with E-state index in [1.54, 1.807) is 19.2 Å². The average molecular weight is 504 g/mol. The molecule has 28 heavy (non-hydrogen) atoms. The number of hydrogen-bond acceptors (Lipinski definition) is 3. The third kappa shape index (κ3) is 6.56. The molecule has 0 amide bonds. The van der Waals surface area contributed by atoms with E-state index in [1.165, 1.54) is 18.9 Å². The number of likely N-dealkylation sites (tertiary alicyclic amines) is 1. The number of rotatable bonds is 8. The van der Waals surface area contributed by atoms with E-state index in [-0.39, 0.29) is 35.2 Å². The lowest BCUT2D eigenvalue weighted by molar-refractivity contribution is 0.121. The number of halogens is 2. The summed E-state index contributed by atoms with van der Waals surface area (Å²) in [6.07, 6.45) is 4.61. The monoisotopic (exact) mass is 504 g/mol. The normalized spacial score (nSPS) is 19.8. The van der Waals surface area contributed by atoms with Gasteiger partial charge in [0.15, 0.2) is 5.96 Å². The SMILES string of the molecule is CN=C(NCC1CCN(CCOC)CC1)NCC1(c2cccc(F)c2)CC1.I. The minimum absolute atomic E-state index is 0. The van der Waals surface area contributed by atoms with Gasteiger partial charge in [0.2, 0.25) is 0 Å². The fraction of sp³-hybridized carbons (Fsp3) is 0.667. The molecule has 1 aliphatic carbocycles. The summed E-state index contributed by atoms with van der Waals surface area (Å²) < 4.78 is 18.7. The van der Waals surface area contributed by atoms with Crippen LogP contribution in [0.3, 0.4) is 0 Å². The van der Waals surface area contributed by atoms with Crippen LogP contribution in [0.2, 0.25) is 0 Å². The topological polar surface area (TPSA) is 48.9 Å². The zero-order valence-corrected chi connectivity index (χ0v) is 19.4. The molecule has 2 N–H and O–H groups in total. The molecular formula is C21H34FIN4O. The molecule has 0 unspecified atom stereocenters. The number of ether oxygens (including phenoxy) is 1. The Labute approximate surface area is 185 Å². The summed E-state index contributed by atoms with van der Waals surface area (Å²) in [6, 6.07) is 7.01. The fourth-order valence-corrected chi connectivity index (χ4v) is 3.89. The molecule has 1 heterocycles. The summed E-state index contributed by atoms with van der Waals surface area (Å²) in [5, 5.41) is 6.94. The van der Waals surface area contributed by atoms with E-state index in [4.69, 9.17) is 4.74 Å². The smallest absolute Gasteiger partial charge is 0.191 e. The molecule has 3 rings (SSSR count). The van der Waals surface area contributed by atoms with Crippen molar-refractivity contribution in [3.8, 4) is 0 Å². The van der Waals surface area contributed by atoms with Gasteiger partial charge < -0.3 is 20.3 Å². The first-order valence-electron chi connectivity index (χ1n) is 10.1. The summed E-state index contributed by atoms with van der Waals surface area (Å²) in [7, 11) is 3.57. The molecule has 5 nitrogen and oxygen atoms in total. The molecule has 1 aliphatic heterocycles. The Morgan fingerprint density at radius 3 is 2.64 bits per heavy atom. The highest BCUT2D eigenvalue weighted by molar-refractivity contribution is 14.0. The lowest BCUT2D eigenvalue weighted by Crippen LogP contribution is -2.45. The van der Waals surface area contributed by atoms with E-state index in [0.717, 1.165) is 63.7 Å². The van der Waals surface area contributed by atoms with Gasteiger partial charge in [0.1, 0.15) is 5.82 Å². The van der Waals surface area contributed by atoms with Crippen molar-refractivity contribution in [2.75, 3.05) is 53.5 Å². The molecular weight excluding hydrogens is 470 g/mol. The predicted octanol–water partition coefficient (Wildman–Crippen LogP) is 3.00. The van der Waals surface area contributed by atoms with E-state index >= 15 is 0 Å². The number of nitrogens with one attached hydrogen (secondary N) is 2. The van der Waals surface area contributed by atoms with Crippen molar-refractivity contribution in [2.24, 2.45) is 10.9 Å². The Bertz CT molecular complexity index is 631. The Balaban J connectivity index is 0.00000280. The van der Waals surface area contributed by atoms with Crippen LogP contribution in [-0.2, 0) is 10.2 Å². The number of benzene rings is 1. The van der Waals surface area contributed by atoms with Crippen molar-refractivity contribution >= 4 is 29.9 Å². The van der Waals surface area contributed by atoms with Gasteiger partial charge in [-0.1, -0.05) is 12.1 Å². The number of methoxy groups -OCH3 is 1. The second kappa shape index (κ2) is 11.3. The maximum absolute atomic E-state index is 13.5. The second-order valence-corrected chi connectivity index (χ2v) is 7.88. The Hall–Kier alpha value is -0.930. The van der Waals surface area contributed by atoms with Crippen molar-refractivity contribution in [1.29, 1.82) is 0 Å². The first-order chi connectivity index (χ1) is 13.1. The van der Waals surface area contributed by atoms with Gasteiger partial charge in [-0.3, -0.25) is 4.99 Å². The van der Waals surface area contributed by atoms with Gasteiger partial charge in [-0.2, -0.15) is 0 Å². The molecule has 0 spiro atoms. The van der Waals surface area contributed by atoms with Crippen molar-refractivity contribution in [2.45, 2.75) is 31.1 Å². The van der Waals surface area contributed by atoms with Gasteiger partial charge in [-0.25, -0.2) is 4.39 Å². The first-order valence-corrected chi connectivity index (χ1v) is 10.1. The van der Waals surface area contributed by atoms with Crippen LogP contribution in [0.25, 0.3) is 0 Å². The summed E-state index contributed by atoms with van der Waals surface area (Å²) in [4.78, 5) is 6.84. The number of piperidine rings is 1. The lowest BCUT2D eigenvalue weighted by atomic mass is 9.96. The molecule has 1 saturated heterocycles. The van der Waals surface area contributed by atoms with Crippen LogP contribution in [0.5, 0.6) is 0 Å². The Kier molecular flexibility index (Phi) is 9.43. The number of nitrogens with zero attached hydrogens (tertiary/aromatic N) is 2. The molecule has 0 aromatic heterocycles.